The lowest BCUT2D eigenvalue weighted by molar-refractivity contribution is -0.118. The summed E-state index contributed by atoms with van der Waals surface area (Å²) in [6, 6.07) is 17.0. The lowest BCUT2D eigenvalue weighted by atomic mass is 9.96. The van der Waals surface area contributed by atoms with Crippen molar-refractivity contribution in [2.45, 2.75) is 56.0 Å². The van der Waals surface area contributed by atoms with Gasteiger partial charge >= 0.3 is 6.01 Å². The first-order chi connectivity index (χ1) is 25.3. The summed E-state index contributed by atoms with van der Waals surface area (Å²) in [4.78, 5) is 32.9. The lowest BCUT2D eigenvalue weighted by Gasteiger charge is -2.34. The molecule has 16 heteroatoms. The minimum absolute atomic E-state index is 0.00384. The summed E-state index contributed by atoms with van der Waals surface area (Å²) in [7, 11) is -4.00. The zero-order valence-corrected chi connectivity index (χ0v) is 30.6. The number of benzene rings is 3. The van der Waals surface area contributed by atoms with Gasteiger partial charge in [-0.05, 0) is 48.6 Å². The summed E-state index contributed by atoms with van der Waals surface area (Å²) in [5.41, 5.74) is 0.503. The molecule has 2 saturated heterocycles. The Balaban J connectivity index is 1.06. The average Bonchev–Trinajstić information content (AvgIpc) is 3.78. The topological polar surface area (TPSA) is 157 Å². The number of nitrogens with zero attached hydrogens (tertiary/aromatic N) is 7. The third-order valence-electron chi connectivity index (χ3n) is 9.43. The normalized spacial score (nSPS) is 17.4. The predicted molar refractivity (Wildman–Crippen MR) is 199 cm³/mol. The third kappa shape index (κ3) is 6.64. The Morgan fingerprint density at radius 2 is 1.74 bits per heavy atom. The molecule has 3 aromatic heterocycles. The first-order valence-electron chi connectivity index (χ1n) is 17.1. The highest BCUT2D eigenvalue weighted by Gasteiger charge is 2.34. The molecule has 13 nitrogen and oxygen atoms in total. The van der Waals surface area contributed by atoms with Crippen LogP contribution in [0, 0.1) is 5.82 Å². The van der Waals surface area contributed by atoms with Gasteiger partial charge in [0.1, 0.15) is 23.4 Å². The fourth-order valence-corrected chi connectivity index (χ4v) is 8.17. The molecule has 53 heavy (non-hydrogen) atoms. The van der Waals surface area contributed by atoms with Crippen molar-refractivity contribution in [3.05, 3.63) is 89.9 Å². The Hall–Kier alpha value is -5.25. The van der Waals surface area contributed by atoms with E-state index in [-0.39, 0.29) is 34.2 Å². The largest absolute Gasteiger partial charge is 0.453 e. The number of piperazine rings is 1. The van der Waals surface area contributed by atoms with Crippen LogP contribution in [0.4, 0.5) is 15.9 Å². The maximum Gasteiger partial charge on any atom is 0.319 e. The molecule has 0 aliphatic carbocycles. The second-order valence-electron chi connectivity index (χ2n) is 14.3. The Morgan fingerprint density at radius 3 is 2.43 bits per heavy atom. The van der Waals surface area contributed by atoms with Crippen LogP contribution in [0.15, 0.2) is 78.1 Å². The van der Waals surface area contributed by atoms with Gasteiger partial charge in [0.2, 0.25) is 0 Å². The third-order valence-corrected chi connectivity index (χ3v) is 11.3. The van der Waals surface area contributed by atoms with Gasteiger partial charge in [-0.3, -0.25) is 9.78 Å². The first-order valence-corrected chi connectivity index (χ1v) is 18.9. The van der Waals surface area contributed by atoms with E-state index in [0.717, 1.165) is 28.6 Å². The molecular formula is C37H35ClFN9O4S. The van der Waals surface area contributed by atoms with Crippen molar-refractivity contribution in [3.8, 4) is 17.3 Å². The maximum atomic E-state index is 16.7. The number of pyridine rings is 1. The number of carbonyl (C=O) groups excluding carboxylic acids is 1. The number of fused-ring (bicyclic) bond motifs is 4. The van der Waals surface area contributed by atoms with Gasteiger partial charge in [-0.1, -0.05) is 62.7 Å². The van der Waals surface area contributed by atoms with Gasteiger partial charge in [0, 0.05) is 58.4 Å². The van der Waals surface area contributed by atoms with Crippen LogP contribution < -0.4 is 20.3 Å². The minimum atomic E-state index is -4.00. The van der Waals surface area contributed by atoms with Crippen molar-refractivity contribution in [3.63, 3.8) is 0 Å². The van der Waals surface area contributed by atoms with Gasteiger partial charge < -0.3 is 20.3 Å². The molecule has 5 heterocycles. The molecule has 0 spiro atoms. The van der Waals surface area contributed by atoms with E-state index < -0.39 is 33.8 Å². The van der Waals surface area contributed by atoms with Crippen molar-refractivity contribution in [2.24, 2.45) is 0 Å². The molecule has 6 aromatic rings. The maximum absolute atomic E-state index is 16.7. The number of hydrogen-bond acceptors (Lipinski definition) is 11. The van der Waals surface area contributed by atoms with E-state index in [9.17, 15) is 13.2 Å². The molecule has 2 N–H and O–H groups in total. The molecule has 2 atom stereocenters. The smallest absolute Gasteiger partial charge is 0.319 e. The van der Waals surface area contributed by atoms with Crippen molar-refractivity contribution in [2.75, 3.05) is 29.9 Å². The van der Waals surface area contributed by atoms with Crippen molar-refractivity contribution < 1.29 is 22.3 Å². The number of nitrogens with one attached hydrogen (secondary N) is 2. The number of aromatic nitrogens is 6. The number of amides is 1. The average molecular weight is 756 g/mol. The van der Waals surface area contributed by atoms with Crippen LogP contribution in [0.2, 0.25) is 5.02 Å². The summed E-state index contributed by atoms with van der Waals surface area (Å²) in [5, 5.41) is 12.8. The van der Waals surface area contributed by atoms with Gasteiger partial charge in [0.05, 0.1) is 10.3 Å². The second kappa shape index (κ2) is 13.3. The van der Waals surface area contributed by atoms with Gasteiger partial charge in [0.15, 0.2) is 18.2 Å². The van der Waals surface area contributed by atoms with Crippen LogP contribution in [-0.4, -0.2) is 75.2 Å². The number of carbonyl (C=O) groups is 1. The fourth-order valence-electron chi connectivity index (χ4n) is 6.83. The van der Waals surface area contributed by atoms with E-state index in [0.29, 0.717) is 51.8 Å². The highest BCUT2D eigenvalue weighted by atomic mass is 35.5. The van der Waals surface area contributed by atoms with Gasteiger partial charge in [-0.2, -0.15) is 18.4 Å². The van der Waals surface area contributed by atoms with Crippen molar-refractivity contribution >= 4 is 60.7 Å². The zero-order chi connectivity index (χ0) is 37.1. The first kappa shape index (κ1) is 34.8. The number of anilines is 2. The van der Waals surface area contributed by atoms with Crippen LogP contribution in [0.25, 0.3) is 32.9 Å². The van der Waals surface area contributed by atoms with Crippen molar-refractivity contribution in [1.82, 2.24) is 34.4 Å². The van der Waals surface area contributed by atoms with Crippen LogP contribution in [-0.2, 0) is 20.2 Å². The standard InChI is InChI=1S/C37H35ClFN9O4S/c1-37(2,3)35-41-20-48(46-35)53(50,51)25-14-12-22(13-15-25)43-29(49)19-52-36-44-33-27(34(45-36)47-17-23-10-11-24(18-47)42-23)16-40-32(31(33)39)26-8-4-6-21-7-5-9-28(38)30(21)26/h4-9,12-16,20,23-24,42H,10-11,17-19H2,1-3H3,(H,43,49). The summed E-state index contributed by atoms with van der Waals surface area (Å²) in [6.45, 7) is 6.48. The fraction of sp³-hybridized carbons (Fsp3) is 0.297. The van der Waals surface area contributed by atoms with E-state index in [1.165, 1.54) is 24.3 Å². The SMILES string of the molecule is CC(C)(C)c1ncn(S(=O)(=O)c2ccc(NC(=O)COc3nc(N4CC5CCC(C4)N5)c4cnc(-c5cccc6cccc(Cl)c56)c(F)c4n3)cc2)n1. The van der Waals surface area contributed by atoms with Gasteiger partial charge in [0.25, 0.3) is 15.9 Å². The summed E-state index contributed by atoms with van der Waals surface area (Å²) in [5.74, 6) is -0.362. The molecule has 1 amide bonds. The van der Waals surface area contributed by atoms with Crippen molar-refractivity contribution in [1.29, 1.82) is 0 Å². The molecule has 2 unspecified atom stereocenters. The molecule has 272 valence electrons. The number of hydrogen-bond donors (Lipinski definition) is 2. The molecule has 0 saturated carbocycles. The van der Waals surface area contributed by atoms with Crippen LogP contribution in [0.1, 0.15) is 39.4 Å². The highest BCUT2D eigenvalue weighted by molar-refractivity contribution is 7.89. The second-order valence-corrected chi connectivity index (χ2v) is 16.5. The molecule has 8 rings (SSSR count). The predicted octanol–water partition coefficient (Wildman–Crippen LogP) is 5.72. The van der Waals surface area contributed by atoms with E-state index in [1.807, 2.05) is 45.0 Å². The zero-order valence-electron chi connectivity index (χ0n) is 29.0. The minimum Gasteiger partial charge on any atom is -0.453 e. The van der Waals surface area contributed by atoms with Crippen LogP contribution in [0.3, 0.4) is 0 Å². The molecule has 2 aliphatic heterocycles. The highest BCUT2D eigenvalue weighted by Crippen LogP contribution is 2.38. The van der Waals surface area contributed by atoms with Gasteiger partial charge in [-0.25, -0.2) is 9.37 Å². The summed E-state index contributed by atoms with van der Waals surface area (Å²) in [6.07, 6.45) is 4.79. The Labute approximate surface area is 309 Å². The molecule has 3 aromatic carbocycles. The van der Waals surface area contributed by atoms with E-state index in [4.69, 9.17) is 16.3 Å². The number of halogens is 2. The molecular weight excluding hydrogens is 721 g/mol. The Bertz CT molecular complexity index is 2490. The van der Waals surface area contributed by atoms with E-state index in [2.05, 4.69) is 40.6 Å². The lowest BCUT2D eigenvalue weighted by Crippen LogP contribution is -2.51. The van der Waals surface area contributed by atoms with E-state index in [1.54, 1.807) is 18.3 Å². The molecule has 2 fully saturated rings. The quantitative estimate of drug-likeness (QED) is 0.196. The summed E-state index contributed by atoms with van der Waals surface area (Å²) >= 11 is 6.59. The van der Waals surface area contributed by atoms with Gasteiger partial charge in [-0.15, -0.1) is 9.19 Å². The van der Waals surface area contributed by atoms with E-state index >= 15 is 4.39 Å². The Kier molecular flexibility index (Phi) is 8.74. The summed E-state index contributed by atoms with van der Waals surface area (Å²) < 4.78 is 49.6. The number of ether oxygens (including phenoxy) is 1. The number of rotatable bonds is 8. The molecule has 0 radical (unpaired) electrons. The molecule has 2 bridgehead atoms. The Morgan fingerprint density at radius 1 is 1.02 bits per heavy atom. The van der Waals surface area contributed by atoms with Crippen LogP contribution >= 0.6 is 11.6 Å². The van der Waals surface area contributed by atoms with Crippen LogP contribution in [0.5, 0.6) is 6.01 Å². The monoisotopic (exact) mass is 755 g/mol. The molecule has 2 aliphatic rings.